The highest BCUT2D eigenvalue weighted by molar-refractivity contribution is 5.75. The number of hydrogen-bond donors (Lipinski definition) is 1. The summed E-state index contributed by atoms with van der Waals surface area (Å²) in [6.45, 7) is 1.84. The molecule has 80 valence electrons. The fraction of sp³-hybridized carbons (Fsp3) is 0.727. The molecule has 0 bridgehead atoms. The normalized spacial score (nSPS) is 22.5. The lowest BCUT2D eigenvalue weighted by molar-refractivity contribution is -0.152. The molecule has 0 aromatic heterocycles. The van der Waals surface area contributed by atoms with Gasteiger partial charge in [-0.2, -0.15) is 0 Å². The number of methoxy groups -OCH3 is 1. The summed E-state index contributed by atoms with van der Waals surface area (Å²) < 4.78 is 4.69. The van der Waals surface area contributed by atoms with Gasteiger partial charge in [0.1, 0.15) is 5.92 Å². The van der Waals surface area contributed by atoms with Crippen molar-refractivity contribution in [2.24, 2.45) is 5.92 Å². The van der Waals surface area contributed by atoms with Gasteiger partial charge in [-0.05, 0) is 19.8 Å². The Bertz CT molecular complexity index is 227. The van der Waals surface area contributed by atoms with Crippen molar-refractivity contribution in [3.8, 4) is 0 Å². The number of ether oxygens (including phenoxy) is 1. The highest BCUT2D eigenvalue weighted by Gasteiger charge is 2.42. The summed E-state index contributed by atoms with van der Waals surface area (Å²) in [5.41, 5.74) is -0.875. The first-order valence-corrected chi connectivity index (χ1v) is 5.07. The molecule has 0 radical (unpaired) electrons. The van der Waals surface area contributed by atoms with E-state index in [-0.39, 0.29) is 5.97 Å². The molecule has 3 heteroatoms. The van der Waals surface area contributed by atoms with Crippen LogP contribution in [0.1, 0.15) is 32.6 Å². The van der Waals surface area contributed by atoms with Gasteiger partial charge in [0.25, 0.3) is 0 Å². The minimum Gasteiger partial charge on any atom is -0.468 e. The van der Waals surface area contributed by atoms with E-state index in [4.69, 9.17) is 4.74 Å². The summed E-state index contributed by atoms with van der Waals surface area (Å²) in [6.07, 6.45) is 6.88. The highest BCUT2D eigenvalue weighted by Crippen LogP contribution is 2.37. The van der Waals surface area contributed by atoms with Gasteiger partial charge in [-0.15, -0.1) is 0 Å². The van der Waals surface area contributed by atoms with Gasteiger partial charge in [0.05, 0.1) is 12.7 Å². The van der Waals surface area contributed by atoms with E-state index in [1.807, 2.05) is 6.92 Å². The second kappa shape index (κ2) is 4.60. The molecule has 1 saturated carbocycles. The van der Waals surface area contributed by atoms with Gasteiger partial charge in [0, 0.05) is 0 Å². The summed E-state index contributed by atoms with van der Waals surface area (Å²) in [7, 11) is 1.36. The third-order valence-electron chi connectivity index (χ3n) is 2.89. The van der Waals surface area contributed by atoms with E-state index >= 15 is 0 Å². The number of carbonyl (C=O) groups is 1. The molecule has 1 rings (SSSR count). The van der Waals surface area contributed by atoms with Gasteiger partial charge < -0.3 is 9.84 Å². The Hall–Kier alpha value is -0.830. The van der Waals surface area contributed by atoms with Crippen molar-refractivity contribution in [3.05, 3.63) is 12.2 Å². The zero-order valence-corrected chi connectivity index (χ0v) is 8.82. The van der Waals surface area contributed by atoms with Crippen LogP contribution in [0.25, 0.3) is 0 Å². The van der Waals surface area contributed by atoms with Crippen molar-refractivity contribution in [2.75, 3.05) is 7.11 Å². The first-order chi connectivity index (χ1) is 6.64. The zero-order chi connectivity index (χ0) is 10.6. The molecule has 1 fully saturated rings. The zero-order valence-electron chi connectivity index (χ0n) is 8.82. The Labute approximate surface area is 84.8 Å². The number of allylic oxidation sites excluding steroid dienone is 1. The molecule has 0 spiro atoms. The Morgan fingerprint density at radius 2 is 2.07 bits per heavy atom. The fourth-order valence-electron chi connectivity index (χ4n) is 2.09. The van der Waals surface area contributed by atoms with Crippen LogP contribution in [-0.4, -0.2) is 23.8 Å². The fourth-order valence-corrected chi connectivity index (χ4v) is 2.09. The quantitative estimate of drug-likeness (QED) is 0.554. The average molecular weight is 198 g/mol. The SMILES string of the molecule is C/C=C/C(C(=O)OC)C1(O)CCCC1. The monoisotopic (exact) mass is 198 g/mol. The molecule has 0 heterocycles. The predicted octanol–water partition coefficient (Wildman–Crippen LogP) is 1.66. The van der Waals surface area contributed by atoms with Gasteiger partial charge in [-0.3, -0.25) is 4.79 Å². The van der Waals surface area contributed by atoms with Crippen molar-refractivity contribution in [3.63, 3.8) is 0 Å². The lowest BCUT2D eigenvalue weighted by Crippen LogP contribution is -2.39. The summed E-state index contributed by atoms with van der Waals surface area (Å²) in [5, 5.41) is 10.2. The van der Waals surface area contributed by atoms with Crippen molar-refractivity contribution in [1.29, 1.82) is 0 Å². The number of hydrogen-bond acceptors (Lipinski definition) is 3. The van der Waals surface area contributed by atoms with Crippen LogP contribution < -0.4 is 0 Å². The van der Waals surface area contributed by atoms with Crippen molar-refractivity contribution >= 4 is 5.97 Å². The first kappa shape index (κ1) is 11.2. The second-order valence-corrected chi connectivity index (χ2v) is 3.84. The second-order valence-electron chi connectivity index (χ2n) is 3.84. The maximum absolute atomic E-state index is 11.5. The van der Waals surface area contributed by atoms with E-state index in [0.29, 0.717) is 12.8 Å². The lowest BCUT2D eigenvalue weighted by Gasteiger charge is -2.28. The molecule has 0 saturated heterocycles. The van der Waals surface area contributed by atoms with E-state index in [1.165, 1.54) is 7.11 Å². The van der Waals surface area contributed by atoms with Crippen LogP contribution in [0.15, 0.2) is 12.2 Å². The third-order valence-corrected chi connectivity index (χ3v) is 2.89. The minimum atomic E-state index is -0.875. The first-order valence-electron chi connectivity index (χ1n) is 5.07. The molecule has 1 aliphatic carbocycles. The van der Waals surface area contributed by atoms with Gasteiger partial charge >= 0.3 is 5.97 Å². The van der Waals surface area contributed by atoms with Crippen LogP contribution in [0.3, 0.4) is 0 Å². The maximum atomic E-state index is 11.5. The molecule has 0 amide bonds. The van der Waals surface area contributed by atoms with E-state index in [0.717, 1.165) is 12.8 Å². The molecule has 0 aromatic rings. The van der Waals surface area contributed by atoms with Crippen molar-refractivity contribution < 1.29 is 14.6 Å². The summed E-state index contributed by atoms with van der Waals surface area (Å²) in [4.78, 5) is 11.5. The standard InChI is InChI=1S/C11H18O3/c1-3-6-9(10(12)14-2)11(13)7-4-5-8-11/h3,6,9,13H,4-5,7-8H2,1-2H3/b6-3+. The Morgan fingerprint density at radius 3 is 2.50 bits per heavy atom. The van der Waals surface area contributed by atoms with Gasteiger partial charge in [-0.25, -0.2) is 0 Å². The molecule has 1 unspecified atom stereocenters. The molecule has 1 aliphatic rings. The summed E-state index contributed by atoms with van der Waals surface area (Å²) in [6, 6.07) is 0. The molecule has 1 N–H and O–H groups in total. The third kappa shape index (κ3) is 2.15. The Kier molecular flexibility index (Phi) is 3.69. The highest BCUT2D eigenvalue weighted by atomic mass is 16.5. The molecule has 3 nitrogen and oxygen atoms in total. The maximum Gasteiger partial charge on any atom is 0.315 e. The van der Waals surface area contributed by atoms with E-state index in [9.17, 15) is 9.90 Å². The minimum absolute atomic E-state index is 0.340. The van der Waals surface area contributed by atoms with Gasteiger partial charge in [0.2, 0.25) is 0 Å². The molecular formula is C11H18O3. The Balaban J connectivity index is 2.80. The van der Waals surface area contributed by atoms with Gasteiger partial charge in [-0.1, -0.05) is 25.0 Å². The van der Waals surface area contributed by atoms with Crippen LogP contribution in [0, 0.1) is 5.92 Å². The predicted molar refractivity (Wildman–Crippen MR) is 53.7 cm³/mol. The van der Waals surface area contributed by atoms with Crippen LogP contribution in [-0.2, 0) is 9.53 Å². The smallest absolute Gasteiger partial charge is 0.315 e. The van der Waals surface area contributed by atoms with Crippen LogP contribution in [0.4, 0.5) is 0 Å². The van der Waals surface area contributed by atoms with Crippen LogP contribution >= 0.6 is 0 Å². The van der Waals surface area contributed by atoms with E-state index in [1.54, 1.807) is 12.2 Å². The van der Waals surface area contributed by atoms with E-state index < -0.39 is 11.5 Å². The van der Waals surface area contributed by atoms with Crippen LogP contribution in [0.2, 0.25) is 0 Å². The number of aliphatic hydroxyl groups is 1. The topological polar surface area (TPSA) is 46.5 Å². The lowest BCUT2D eigenvalue weighted by atomic mass is 9.85. The molecule has 1 atom stereocenters. The molecular weight excluding hydrogens is 180 g/mol. The summed E-state index contributed by atoms with van der Waals surface area (Å²) in [5.74, 6) is -0.840. The molecule has 0 aliphatic heterocycles. The van der Waals surface area contributed by atoms with Crippen molar-refractivity contribution in [2.45, 2.75) is 38.2 Å². The van der Waals surface area contributed by atoms with Crippen molar-refractivity contribution in [1.82, 2.24) is 0 Å². The van der Waals surface area contributed by atoms with Crippen LogP contribution in [0.5, 0.6) is 0 Å². The van der Waals surface area contributed by atoms with Gasteiger partial charge in [0.15, 0.2) is 0 Å². The average Bonchev–Trinajstić information content (AvgIpc) is 2.61. The molecule has 14 heavy (non-hydrogen) atoms. The van der Waals surface area contributed by atoms with E-state index in [2.05, 4.69) is 0 Å². The number of rotatable bonds is 3. The Morgan fingerprint density at radius 1 is 1.50 bits per heavy atom. The summed E-state index contributed by atoms with van der Waals surface area (Å²) >= 11 is 0. The largest absolute Gasteiger partial charge is 0.468 e. The number of carbonyl (C=O) groups excluding carboxylic acids is 1. The number of esters is 1. The molecule has 0 aromatic carbocycles.